The number of hydrogen-bond donors (Lipinski definition) is 0. The second kappa shape index (κ2) is 4.38. The maximum absolute atomic E-state index is 12.8. The second-order valence-electron chi connectivity index (χ2n) is 2.64. The van der Waals surface area contributed by atoms with Gasteiger partial charge in [-0.2, -0.15) is 5.26 Å². The number of Topliss-reactive ketones (excluding diaryl/α,β-unsaturated/α-hetero) is 1. The van der Waals surface area contributed by atoms with Gasteiger partial charge < -0.3 is 4.74 Å². The van der Waals surface area contributed by atoms with Crippen LogP contribution in [0.15, 0.2) is 18.2 Å². The van der Waals surface area contributed by atoms with E-state index < -0.39 is 5.82 Å². The zero-order chi connectivity index (χ0) is 10.6. The molecule has 14 heavy (non-hydrogen) atoms. The van der Waals surface area contributed by atoms with E-state index in [-0.39, 0.29) is 23.7 Å². The van der Waals surface area contributed by atoms with E-state index in [1.807, 2.05) is 0 Å². The molecule has 0 amide bonds. The highest BCUT2D eigenvalue weighted by atomic mass is 19.1. The van der Waals surface area contributed by atoms with E-state index in [2.05, 4.69) is 0 Å². The van der Waals surface area contributed by atoms with Crippen molar-refractivity contribution in [3.63, 3.8) is 0 Å². The van der Waals surface area contributed by atoms with Crippen LogP contribution in [0.25, 0.3) is 0 Å². The Hall–Kier alpha value is -1.89. The third kappa shape index (κ3) is 2.30. The zero-order valence-electron chi connectivity index (χ0n) is 7.58. The molecule has 0 saturated heterocycles. The molecule has 3 nitrogen and oxygen atoms in total. The Morgan fingerprint density at radius 2 is 2.36 bits per heavy atom. The summed E-state index contributed by atoms with van der Waals surface area (Å²) in [4.78, 5) is 11.1. The fourth-order valence-electron chi connectivity index (χ4n) is 1.02. The number of hydrogen-bond acceptors (Lipinski definition) is 3. The average molecular weight is 193 g/mol. The summed E-state index contributed by atoms with van der Waals surface area (Å²) < 4.78 is 17.7. The van der Waals surface area contributed by atoms with Crippen LogP contribution in [0, 0.1) is 17.1 Å². The van der Waals surface area contributed by atoms with Gasteiger partial charge >= 0.3 is 0 Å². The van der Waals surface area contributed by atoms with Gasteiger partial charge in [-0.1, -0.05) is 0 Å². The topological polar surface area (TPSA) is 50.1 Å². The first-order chi connectivity index (χ1) is 6.65. The lowest BCUT2D eigenvalue weighted by molar-refractivity contribution is 0.101. The lowest BCUT2D eigenvalue weighted by Crippen LogP contribution is -2.01. The summed E-state index contributed by atoms with van der Waals surface area (Å²) in [5, 5.41) is 8.27. The zero-order valence-corrected chi connectivity index (χ0v) is 7.58. The van der Waals surface area contributed by atoms with Crippen LogP contribution in [0.4, 0.5) is 4.39 Å². The second-order valence-corrected chi connectivity index (χ2v) is 2.64. The maximum atomic E-state index is 12.8. The van der Waals surface area contributed by atoms with Crippen LogP contribution in [0.2, 0.25) is 0 Å². The van der Waals surface area contributed by atoms with Gasteiger partial charge in [-0.15, -0.1) is 0 Å². The molecule has 0 atom stereocenters. The van der Waals surface area contributed by atoms with E-state index >= 15 is 0 Å². The van der Waals surface area contributed by atoms with Crippen molar-refractivity contribution < 1.29 is 13.9 Å². The summed E-state index contributed by atoms with van der Waals surface area (Å²) in [6.07, 6.45) is 0. The molecule has 0 heterocycles. The van der Waals surface area contributed by atoms with Crippen LogP contribution in [0.3, 0.4) is 0 Å². The Balaban J connectivity index is 3.04. The van der Waals surface area contributed by atoms with Gasteiger partial charge in [0.25, 0.3) is 0 Å². The molecule has 4 heteroatoms. The number of ether oxygens (including phenoxy) is 1. The first-order valence-electron chi connectivity index (χ1n) is 3.95. The lowest BCUT2D eigenvalue weighted by atomic mass is 10.1. The monoisotopic (exact) mass is 193 g/mol. The molecule has 0 aliphatic heterocycles. The van der Waals surface area contributed by atoms with Crippen molar-refractivity contribution in [2.45, 2.75) is 6.92 Å². The predicted molar refractivity (Wildman–Crippen MR) is 47.5 cm³/mol. The molecular weight excluding hydrogens is 185 g/mol. The minimum atomic E-state index is -0.497. The van der Waals surface area contributed by atoms with Gasteiger partial charge in [0.1, 0.15) is 17.6 Å². The van der Waals surface area contributed by atoms with Gasteiger partial charge in [0.2, 0.25) is 0 Å². The standard InChI is InChI=1S/C10H8FNO2/c1-7(13)9-3-2-8(11)6-10(9)14-5-4-12/h2-3,6H,5H2,1H3. The average Bonchev–Trinajstić information content (AvgIpc) is 2.14. The Kier molecular flexibility index (Phi) is 3.19. The number of nitrogens with zero attached hydrogens (tertiary/aromatic N) is 1. The van der Waals surface area contributed by atoms with E-state index in [0.29, 0.717) is 0 Å². The number of benzene rings is 1. The van der Waals surface area contributed by atoms with Gasteiger partial charge in [-0.25, -0.2) is 4.39 Å². The minimum absolute atomic E-state index is 0.110. The highest BCUT2D eigenvalue weighted by Crippen LogP contribution is 2.20. The molecule has 1 aromatic rings. The Morgan fingerprint density at radius 3 is 2.93 bits per heavy atom. The highest BCUT2D eigenvalue weighted by molar-refractivity contribution is 5.96. The summed E-state index contributed by atoms with van der Waals surface area (Å²) in [5.74, 6) is -0.611. The predicted octanol–water partition coefficient (Wildman–Crippen LogP) is 1.93. The van der Waals surface area contributed by atoms with Gasteiger partial charge in [-0.05, 0) is 19.1 Å². The van der Waals surface area contributed by atoms with Crippen LogP contribution in [0.5, 0.6) is 5.75 Å². The molecule has 72 valence electrons. The Morgan fingerprint density at radius 1 is 1.64 bits per heavy atom. The summed E-state index contributed by atoms with van der Waals surface area (Å²) in [7, 11) is 0. The Labute approximate surface area is 80.7 Å². The van der Waals surface area contributed by atoms with Crippen molar-refractivity contribution in [1.29, 1.82) is 5.26 Å². The molecule has 0 aromatic heterocycles. The van der Waals surface area contributed by atoms with Crippen LogP contribution in [-0.4, -0.2) is 12.4 Å². The maximum Gasteiger partial charge on any atom is 0.174 e. The number of carbonyl (C=O) groups is 1. The fourth-order valence-corrected chi connectivity index (χ4v) is 1.02. The summed E-state index contributed by atoms with van der Waals surface area (Å²) in [5.41, 5.74) is 0.279. The lowest BCUT2D eigenvalue weighted by Gasteiger charge is -2.06. The van der Waals surface area contributed by atoms with Crippen LogP contribution >= 0.6 is 0 Å². The molecule has 0 unspecified atom stereocenters. The van der Waals surface area contributed by atoms with E-state index in [1.54, 1.807) is 6.07 Å². The van der Waals surface area contributed by atoms with Crippen LogP contribution < -0.4 is 4.74 Å². The molecule has 0 aliphatic rings. The number of halogens is 1. The fraction of sp³-hybridized carbons (Fsp3) is 0.200. The number of ketones is 1. The Bertz CT molecular complexity index is 396. The van der Waals surface area contributed by atoms with Gasteiger partial charge in [-0.3, -0.25) is 4.79 Å². The van der Waals surface area contributed by atoms with Gasteiger partial charge in [0.15, 0.2) is 12.4 Å². The highest BCUT2D eigenvalue weighted by Gasteiger charge is 2.09. The van der Waals surface area contributed by atoms with Crippen LogP contribution in [-0.2, 0) is 0 Å². The quantitative estimate of drug-likeness (QED) is 0.689. The van der Waals surface area contributed by atoms with Crippen molar-refractivity contribution in [1.82, 2.24) is 0 Å². The van der Waals surface area contributed by atoms with E-state index in [9.17, 15) is 9.18 Å². The SMILES string of the molecule is CC(=O)c1ccc(F)cc1OCC#N. The van der Waals surface area contributed by atoms with Gasteiger partial charge in [0, 0.05) is 6.07 Å². The number of carbonyl (C=O) groups excluding carboxylic acids is 1. The third-order valence-electron chi connectivity index (χ3n) is 1.62. The molecule has 0 bridgehead atoms. The first kappa shape index (κ1) is 10.2. The smallest absolute Gasteiger partial charge is 0.174 e. The van der Waals surface area contributed by atoms with Crippen molar-refractivity contribution in [3.8, 4) is 11.8 Å². The summed E-state index contributed by atoms with van der Waals surface area (Å²) >= 11 is 0. The molecule has 0 aliphatic carbocycles. The van der Waals surface area contributed by atoms with E-state index in [1.165, 1.54) is 19.1 Å². The van der Waals surface area contributed by atoms with E-state index in [0.717, 1.165) is 6.07 Å². The minimum Gasteiger partial charge on any atom is -0.478 e. The normalized spacial score (nSPS) is 9.21. The summed E-state index contributed by atoms with van der Waals surface area (Å²) in [6.45, 7) is 1.15. The largest absolute Gasteiger partial charge is 0.478 e. The molecule has 1 aromatic carbocycles. The van der Waals surface area contributed by atoms with Crippen molar-refractivity contribution >= 4 is 5.78 Å². The van der Waals surface area contributed by atoms with E-state index in [4.69, 9.17) is 10.00 Å². The molecule has 1 rings (SSSR count). The molecule has 0 spiro atoms. The van der Waals surface area contributed by atoms with Crippen LogP contribution in [0.1, 0.15) is 17.3 Å². The molecule has 0 radical (unpaired) electrons. The molecular formula is C10H8FNO2. The molecule has 0 fully saturated rings. The van der Waals surface area contributed by atoms with Crippen molar-refractivity contribution in [2.75, 3.05) is 6.61 Å². The molecule has 0 saturated carbocycles. The van der Waals surface area contributed by atoms with Crippen molar-refractivity contribution in [3.05, 3.63) is 29.6 Å². The third-order valence-corrected chi connectivity index (χ3v) is 1.62. The first-order valence-corrected chi connectivity index (χ1v) is 3.95. The number of nitriles is 1. The van der Waals surface area contributed by atoms with Gasteiger partial charge in [0.05, 0.1) is 5.56 Å². The summed E-state index contributed by atoms with van der Waals surface area (Å²) in [6, 6.07) is 5.35. The molecule has 0 N–H and O–H groups in total. The van der Waals surface area contributed by atoms with Crippen molar-refractivity contribution in [2.24, 2.45) is 0 Å². The number of rotatable bonds is 3.